The van der Waals surface area contributed by atoms with Crippen molar-refractivity contribution in [2.24, 2.45) is 5.41 Å². The van der Waals surface area contributed by atoms with Crippen molar-refractivity contribution in [1.82, 2.24) is 4.90 Å². The summed E-state index contributed by atoms with van der Waals surface area (Å²) in [5, 5.41) is 11.2. The fourth-order valence-corrected chi connectivity index (χ4v) is 3.17. The third kappa shape index (κ3) is 3.77. The van der Waals surface area contributed by atoms with Crippen LogP contribution in [0.25, 0.3) is 0 Å². The average molecular weight is 325 g/mol. The van der Waals surface area contributed by atoms with Crippen molar-refractivity contribution in [2.45, 2.75) is 46.1 Å². The minimum Gasteiger partial charge on any atom is -0.336 e. The zero-order valence-corrected chi connectivity index (χ0v) is 13.9. The maximum absolute atomic E-state index is 12.8. The summed E-state index contributed by atoms with van der Waals surface area (Å²) in [4.78, 5) is 25.0. The fourth-order valence-electron chi connectivity index (χ4n) is 2.97. The summed E-state index contributed by atoms with van der Waals surface area (Å²) in [6, 6.07) is 4.18. The van der Waals surface area contributed by atoms with Crippen molar-refractivity contribution in [3.63, 3.8) is 0 Å². The summed E-state index contributed by atoms with van der Waals surface area (Å²) < 4.78 is 0. The molecule has 1 fully saturated rings. The lowest BCUT2D eigenvalue weighted by molar-refractivity contribution is -0.384. The van der Waals surface area contributed by atoms with Gasteiger partial charge in [-0.2, -0.15) is 0 Å². The Morgan fingerprint density at radius 1 is 1.45 bits per heavy atom. The van der Waals surface area contributed by atoms with Crippen molar-refractivity contribution in [2.75, 3.05) is 6.54 Å². The summed E-state index contributed by atoms with van der Waals surface area (Å²) in [5.74, 6) is -0.208. The predicted octanol–water partition coefficient (Wildman–Crippen LogP) is 4.29. The second-order valence-electron chi connectivity index (χ2n) is 6.98. The molecule has 0 bridgehead atoms. The van der Waals surface area contributed by atoms with Crippen LogP contribution in [0.1, 0.15) is 50.4 Å². The molecular weight excluding hydrogens is 304 g/mol. The second kappa shape index (κ2) is 6.24. The molecule has 1 aromatic rings. The number of nitro groups is 1. The molecule has 0 radical (unpaired) electrons. The van der Waals surface area contributed by atoms with Crippen molar-refractivity contribution < 1.29 is 9.72 Å². The van der Waals surface area contributed by atoms with Gasteiger partial charge in [0.2, 0.25) is 0 Å². The minimum absolute atomic E-state index is 0.112. The average Bonchev–Trinajstić information content (AvgIpc) is 2.84. The van der Waals surface area contributed by atoms with E-state index in [4.69, 9.17) is 11.6 Å². The monoisotopic (exact) mass is 324 g/mol. The van der Waals surface area contributed by atoms with E-state index >= 15 is 0 Å². The van der Waals surface area contributed by atoms with Gasteiger partial charge < -0.3 is 4.90 Å². The van der Waals surface area contributed by atoms with E-state index in [1.54, 1.807) is 0 Å². The smallest absolute Gasteiger partial charge is 0.270 e. The normalized spacial score (nSPS) is 18.5. The van der Waals surface area contributed by atoms with Gasteiger partial charge in [-0.05, 0) is 30.7 Å². The van der Waals surface area contributed by atoms with Crippen molar-refractivity contribution in [1.29, 1.82) is 0 Å². The fraction of sp³-hybridized carbons (Fsp3) is 0.562. The van der Waals surface area contributed by atoms with E-state index in [0.717, 1.165) is 19.3 Å². The summed E-state index contributed by atoms with van der Waals surface area (Å²) in [5.41, 5.74) is 0.232. The van der Waals surface area contributed by atoms with Crippen LogP contribution in [-0.2, 0) is 0 Å². The van der Waals surface area contributed by atoms with Crippen LogP contribution in [0.4, 0.5) is 5.69 Å². The lowest BCUT2D eigenvalue weighted by Crippen LogP contribution is -2.37. The van der Waals surface area contributed by atoms with Gasteiger partial charge in [-0.15, -0.1) is 0 Å². The topological polar surface area (TPSA) is 63.5 Å². The van der Waals surface area contributed by atoms with Crippen molar-refractivity contribution in [3.05, 3.63) is 38.9 Å². The Kier molecular flexibility index (Phi) is 4.75. The molecular formula is C16H21ClN2O3. The summed E-state index contributed by atoms with van der Waals surface area (Å²) in [6.07, 6.45) is 2.83. The molecule has 1 aliphatic rings. The first-order chi connectivity index (χ1) is 10.2. The Bertz CT molecular complexity index is 596. The van der Waals surface area contributed by atoms with Gasteiger partial charge in [-0.3, -0.25) is 14.9 Å². The number of amides is 1. The predicted molar refractivity (Wildman–Crippen MR) is 86.2 cm³/mol. The lowest BCUT2D eigenvalue weighted by atomic mass is 9.87. The van der Waals surface area contributed by atoms with Crippen LogP contribution in [0, 0.1) is 15.5 Å². The van der Waals surface area contributed by atoms with Crippen LogP contribution in [-0.4, -0.2) is 28.3 Å². The third-order valence-electron chi connectivity index (χ3n) is 3.88. The molecule has 0 spiro atoms. The first-order valence-corrected chi connectivity index (χ1v) is 7.82. The number of hydrogen-bond acceptors (Lipinski definition) is 3. The SMILES string of the molecule is CC(C)(C)CC1CCCN1C(=O)c1cc([N+](=O)[O-])ccc1Cl. The number of benzene rings is 1. The van der Waals surface area contributed by atoms with Gasteiger partial charge in [-0.1, -0.05) is 32.4 Å². The quantitative estimate of drug-likeness (QED) is 0.615. The van der Waals surface area contributed by atoms with Gasteiger partial charge in [0.25, 0.3) is 11.6 Å². The molecule has 6 heteroatoms. The van der Waals surface area contributed by atoms with Crippen molar-refractivity contribution >= 4 is 23.2 Å². The van der Waals surface area contributed by atoms with Gasteiger partial charge in [-0.25, -0.2) is 0 Å². The largest absolute Gasteiger partial charge is 0.336 e. The van der Waals surface area contributed by atoms with Gasteiger partial charge in [0.1, 0.15) is 0 Å². The number of nitrogens with zero attached hydrogens (tertiary/aromatic N) is 2. The number of nitro benzene ring substituents is 1. The van der Waals surface area contributed by atoms with Gasteiger partial charge in [0.05, 0.1) is 15.5 Å². The molecule has 1 amide bonds. The van der Waals surface area contributed by atoms with Crippen LogP contribution >= 0.6 is 11.6 Å². The molecule has 1 heterocycles. The maximum atomic E-state index is 12.8. The molecule has 120 valence electrons. The second-order valence-corrected chi connectivity index (χ2v) is 7.39. The van der Waals surface area contributed by atoms with E-state index in [0.29, 0.717) is 6.54 Å². The summed E-state index contributed by atoms with van der Waals surface area (Å²) in [7, 11) is 0. The highest BCUT2D eigenvalue weighted by Crippen LogP contribution is 2.32. The van der Waals surface area contributed by atoms with E-state index < -0.39 is 4.92 Å². The lowest BCUT2D eigenvalue weighted by Gasteiger charge is -2.30. The van der Waals surface area contributed by atoms with Crippen molar-refractivity contribution in [3.8, 4) is 0 Å². The standard InChI is InChI=1S/C16H21ClN2O3/c1-16(2,3)10-12-5-4-8-18(12)15(20)13-9-11(19(21)22)6-7-14(13)17/h6-7,9,12H,4-5,8,10H2,1-3H3. The van der Waals surface area contributed by atoms with Crippen LogP contribution in [0.2, 0.25) is 5.02 Å². The number of non-ortho nitro benzene ring substituents is 1. The Morgan fingerprint density at radius 2 is 2.14 bits per heavy atom. The van der Waals surface area contributed by atoms with Gasteiger partial charge in [0, 0.05) is 24.7 Å². The van der Waals surface area contributed by atoms with E-state index in [9.17, 15) is 14.9 Å². The van der Waals surface area contributed by atoms with Gasteiger partial charge >= 0.3 is 0 Å². The first-order valence-electron chi connectivity index (χ1n) is 7.44. The molecule has 1 aliphatic heterocycles. The Morgan fingerprint density at radius 3 is 2.73 bits per heavy atom. The van der Waals surface area contributed by atoms with Gasteiger partial charge in [0.15, 0.2) is 0 Å². The molecule has 1 unspecified atom stereocenters. The molecule has 0 aliphatic carbocycles. The molecule has 1 aromatic carbocycles. The first kappa shape index (κ1) is 16.7. The number of halogens is 1. The molecule has 5 nitrogen and oxygen atoms in total. The third-order valence-corrected chi connectivity index (χ3v) is 4.21. The zero-order valence-electron chi connectivity index (χ0n) is 13.1. The highest BCUT2D eigenvalue weighted by Gasteiger charge is 2.33. The molecule has 1 saturated heterocycles. The maximum Gasteiger partial charge on any atom is 0.270 e. The zero-order chi connectivity index (χ0) is 16.5. The highest BCUT2D eigenvalue weighted by molar-refractivity contribution is 6.33. The molecule has 22 heavy (non-hydrogen) atoms. The molecule has 2 rings (SSSR count). The van der Waals surface area contributed by atoms with Crippen LogP contribution in [0.3, 0.4) is 0 Å². The van der Waals surface area contributed by atoms with Crippen LogP contribution in [0.15, 0.2) is 18.2 Å². The van der Waals surface area contributed by atoms with Crippen LogP contribution < -0.4 is 0 Å². The molecule has 0 saturated carbocycles. The molecule has 0 N–H and O–H groups in total. The molecule has 1 atom stereocenters. The van der Waals surface area contributed by atoms with E-state index in [2.05, 4.69) is 20.8 Å². The highest BCUT2D eigenvalue weighted by atomic mass is 35.5. The number of hydrogen-bond donors (Lipinski definition) is 0. The summed E-state index contributed by atoms with van der Waals surface area (Å²) in [6.45, 7) is 7.12. The number of carbonyl (C=O) groups excluding carboxylic acids is 1. The minimum atomic E-state index is -0.510. The van der Waals surface area contributed by atoms with E-state index in [1.807, 2.05) is 4.90 Å². The number of carbonyl (C=O) groups is 1. The number of rotatable bonds is 3. The Hall–Kier alpha value is -1.62. The number of likely N-dealkylation sites (tertiary alicyclic amines) is 1. The Labute approximate surface area is 135 Å². The summed E-state index contributed by atoms with van der Waals surface area (Å²) >= 11 is 6.08. The van der Waals surface area contributed by atoms with Crippen LogP contribution in [0.5, 0.6) is 0 Å². The Balaban J connectivity index is 2.27. The van der Waals surface area contributed by atoms with E-state index in [-0.39, 0.29) is 33.6 Å². The molecule has 0 aromatic heterocycles. The van der Waals surface area contributed by atoms with E-state index in [1.165, 1.54) is 18.2 Å².